The summed E-state index contributed by atoms with van der Waals surface area (Å²) in [5, 5.41) is 3.26. The smallest absolute Gasteiger partial charge is 0.339 e. The normalized spacial score (nSPS) is 16.2. The van der Waals surface area contributed by atoms with Crippen LogP contribution in [0, 0.1) is 0 Å². The molecule has 0 bridgehead atoms. The second-order valence-electron chi connectivity index (χ2n) is 8.48. The highest BCUT2D eigenvalue weighted by molar-refractivity contribution is 6.07. The van der Waals surface area contributed by atoms with Crippen molar-refractivity contribution in [3.8, 4) is 5.75 Å². The van der Waals surface area contributed by atoms with E-state index in [4.69, 9.17) is 14.5 Å². The molecule has 0 spiro atoms. The fraction of sp³-hybridized carbons (Fsp3) is 0.259. The van der Waals surface area contributed by atoms with Crippen molar-refractivity contribution in [2.45, 2.75) is 19.3 Å². The molecule has 35 heavy (non-hydrogen) atoms. The molecule has 0 atom stereocenters. The second-order valence-corrected chi connectivity index (χ2v) is 8.48. The molecule has 8 nitrogen and oxygen atoms in total. The van der Waals surface area contributed by atoms with Gasteiger partial charge in [0.1, 0.15) is 5.75 Å². The van der Waals surface area contributed by atoms with Gasteiger partial charge in [0.2, 0.25) is 0 Å². The first kappa shape index (κ1) is 22.6. The predicted molar refractivity (Wildman–Crippen MR) is 131 cm³/mol. The minimum absolute atomic E-state index is 0.266. The van der Waals surface area contributed by atoms with Gasteiger partial charge >= 0.3 is 12.0 Å². The lowest BCUT2D eigenvalue weighted by Gasteiger charge is -2.22. The SMILES string of the molecule is COc1ccc(/C=C2\CCCc3c2nc2ccccc2c3C(=O)OCC(=O)N2CCNC2=O)cc1. The van der Waals surface area contributed by atoms with E-state index in [9.17, 15) is 14.4 Å². The number of carbonyl (C=O) groups is 3. The predicted octanol–water partition coefficient (Wildman–Crippen LogP) is 3.83. The van der Waals surface area contributed by atoms with Gasteiger partial charge in [-0.15, -0.1) is 0 Å². The Morgan fingerprint density at radius 3 is 2.66 bits per heavy atom. The van der Waals surface area contributed by atoms with Crippen LogP contribution in [0.4, 0.5) is 4.79 Å². The van der Waals surface area contributed by atoms with Crippen LogP contribution in [-0.2, 0) is 16.0 Å². The lowest BCUT2D eigenvalue weighted by atomic mass is 9.86. The quantitative estimate of drug-likeness (QED) is 0.568. The number of hydrogen-bond donors (Lipinski definition) is 1. The number of methoxy groups -OCH3 is 1. The molecule has 8 heteroatoms. The molecule has 3 aromatic rings. The minimum Gasteiger partial charge on any atom is -0.497 e. The van der Waals surface area contributed by atoms with E-state index in [-0.39, 0.29) is 6.54 Å². The van der Waals surface area contributed by atoms with Crippen LogP contribution in [0.5, 0.6) is 5.75 Å². The van der Waals surface area contributed by atoms with Gasteiger partial charge in [0, 0.05) is 18.5 Å². The van der Waals surface area contributed by atoms with Crippen LogP contribution >= 0.6 is 0 Å². The van der Waals surface area contributed by atoms with E-state index in [1.165, 1.54) is 0 Å². The fourth-order valence-electron chi connectivity index (χ4n) is 4.60. The number of imide groups is 1. The number of esters is 1. The van der Waals surface area contributed by atoms with Crippen molar-refractivity contribution in [2.75, 3.05) is 26.8 Å². The first-order valence-corrected chi connectivity index (χ1v) is 11.6. The Morgan fingerprint density at radius 2 is 1.91 bits per heavy atom. The number of benzene rings is 2. The third kappa shape index (κ3) is 4.47. The van der Waals surface area contributed by atoms with Crippen LogP contribution in [-0.4, -0.2) is 54.6 Å². The molecule has 1 aliphatic carbocycles. The number of ether oxygens (including phenoxy) is 2. The van der Waals surface area contributed by atoms with E-state index in [2.05, 4.69) is 11.4 Å². The highest BCUT2D eigenvalue weighted by Gasteiger charge is 2.29. The van der Waals surface area contributed by atoms with Gasteiger partial charge in [-0.3, -0.25) is 9.69 Å². The molecule has 3 amide bonds. The molecule has 2 aromatic carbocycles. The van der Waals surface area contributed by atoms with E-state index < -0.39 is 24.5 Å². The van der Waals surface area contributed by atoms with Gasteiger partial charge in [0.15, 0.2) is 6.61 Å². The van der Waals surface area contributed by atoms with Gasteiger partial charge < -0.3 is 14.8 Å². The molecule has 1 aromatic heterocycles. The molecule has 1 aliphatic heterocycles. The molecular weight excluding hydrogens is 446 g/mol. The van der Waals surface area contributed by atoms with E-state index in [0.717, 1.165) is 45.9 Å². The Balaban J connectivity index is 1.50. The summed E-state index contributed by atoms with van der Waals surface area (Å²) in [6.07, 6.45) is 4.47. The van der Waals surface area contributed by atoms with Crippen molar-refractivity contribution in [3.05, 3.63) is 70.9 Å². The van der Waals surface area contributed by atoms with Crippen molar-refractivity contribution >= 4 is 40.5 Å². The van der Waals surface area contributed by atoms with Crippen LogP contribution in [0.3, 0.4) is 0 Å². The number of nitrogens with one attached hydrogen (secondary N) is 1. The summed E-state index contributed by atoms with van der Waals surface area (Å²) < 4.78 is 10.7. The highest BCUT2D eigenvalue weighted by Crippen LogP contribution is 2.36. The van der Waals surface area contributed by atoms with E-state index >= 15 is 0 Å². The van der Waals surface area contributed by atoms with Crippen LogP contribution in [0.25, 0.3) is 22.6 Å². The topological polar surface area (TPSA) is 97.8 Å². The van der Waals surface area contributed by atoms with Crippen molar-refractivity contribution in [2.24, 2.45) is 0 Å². The second kappa shape index (κ2) is 9.58. The zero-order chi connectivity index (χ0) is 24.4. The lowest BCUT2D eigenvalue weighted by molar-refractivity contribution is -0.130. The number of amides is 3. The zero-order valence-corrected chi connectivity index (χ0v) is 19.4. The van der Waals surface area contributed by atoms with Crippen molar-refractivity contribution in [3.63, 3.8) is 0 Å². The summed E-state index contributed by atoms with van der Waals surface area (Å²) in [5.74, 6) is -0.342. The summed E-state index contributed by atoms with van der Waals surface area (Å²) in [5.41, 5.74) is 4.79. The summed E-state index contributed by atoms with van der Waals surface area (Å²) in [7, 11) is 1.63. The number of allylic oxidation sites excluding steroid dienone is 1. The Morgan fingerprint density at radius 1 is 1.11 bits per heavy atom. The Labute approximate surface area is 202 Å². The summed E-state index contributed by atoms with van der Waals surface area (Å²) in [4.78, 5) is 43.4. The molecule has 1 N–H and O–H groups in total. The number of urea groups is 1. The first-order valence-electron chi connectivity index (χ1n) is 11.6. The van der Waals surface area contributed by atoms with Gasteiger partial charge in [0.25, 0.3) is 5.91 Å². The summed E-state index contributed by atoms with van der Waals surface area (Å²) in [6.45, 7) is 0.166. The molecule has 0 radical (unpaired) electrons. The molecule has 2 aliphatic rings. The molecule has 2 heterocycles. The molecule has 1 saturated heterocycles. The van der Waals surface area contributed by atoms with Gasteiger partial charge in [-0.25, -0.2) is 14.6 Å². The van der Waals surface area contributed by atoms with Crippen LogP contribution < -0.4 is 10.1 Å². The third-order valence-corrected chi connectivity index (χ3v) is 6.32. The average Bonchev–Trinajstić information content (AvgIpc) is 3.32. The maximum atomic E-state index is 13.3. The Bertz CT molecular complexity index is 1350. The lowest BCUT2D eigenvalue weighted by Crippen LogP contribution is -2.37. The number of pyridine rings is 1. The van der Waals surface area contributed by atoms with Gasteiger partial charge in [-0.05, 0) is 60.2 Å². The minimum atomic E-state index is -0.585. The molecule has 0 unspecified atom stereocenters. The maximum Gasteiger partial charge on any atom is 0.339 e. The summed E-state index contributed by atoms with van der Waals surface area (Å²) in [6, 6.07) is 14.8. The molecule has 1 fully saturated rings. The highest BCUT2D eigenvalue weighted by atomic mass is 16.5. The Hall–Kier alpha value is -4.20. The van der Waals surface area contributed by atoms with Crippen molar-refractivity contribution in [1.29, 1.82) is 0 Å². The molecule has 178 valence electrons. The Kier molecular flexibility index (Phi) is 6.18. The van der Waals surface area contributed by atoms with E-state index in [1.807, 2.05) is 48.5 Å². The van der Waals surface area contributed by atoms with E-state index in [0.29, 0.717) is 29.4 Å². The number of carbonyl (C=O) groups excluding carboxylic acids is 3. The van der Waals surface area contributed by atoms with Gasteiger partial charge in [0.05, 0.1) is 23.9 Å². The largest absolute Gasteiger partial charge is 0.497 e. The number of fused-ring (bicyclic) bond motifs is 2. The van der Waals surface area contributed by atoms with Crippen LogP contribution in [0.1, 0.15) is 40.0 Å². The average molecular weight is 472 g/mol. The fourth-order valence-corrected chi connectivity index (χ4v) is 4.60. The summed E-state index contributed by atoms with van der Waals surface area (Å²) >= 11 is 0. The number of rotatable bonds is 5. The van der Waals surface area contributed by atoms with E-state index in [1.54, 1.807) is 7.11 Å². The molecule has 0 saturated carbocycles. The number of nitrogens with zero attached hydrogens (tertiary/aromatic N) is 2. The third-order valence-electron chi connectivity index (χ3n) is 6.32. The molecular formula is C27H25N3O5. The zero-order valence-electron chi connectivity index (χ0n) is 19.4. The standard InChI is InChI=1S/C27H25N3O5/c1-34-19-11-9-17(10-12-19)15-18-5-4-7-21-24(20-6-2-3-8-22(20)29-25(18)21)26(32)35-16-23(31)30-14-13-28-27(30)33/h2-3,6,8-12,15H,4-5,7,13-14,16H2,1H3,(H,28,33)/b18-15+. The van der Waals surface area contributed by atoms with Crippen molar-refractivity contribution in [1.82, 2.24) is 15.2 Å². The maximum absolute atomic E-state index is 13.3. The monoisotopic (exact) mass is 471 g/mol. The van der Waals surface area contributed by atoms with Crippen LogP contribution in [0.2, 0.25) is 0 Å². The molecule has 5 rings (SSSR count). The van der Waals surface area contributed by atoms with Gasteiger partial charge in [-0.1, -0.05) is 30.3 Å². The van der Waals surface area contributed by atoms with Crippen molar-refractivity contribution < 1.29 is 23.9 Å². The van der Waals surface area contributed by atoms with Crippen LogP contribution in [0.15, 0.2) is 48.5 Å². The van der Waals surface area contributed by atoms with Gasteiger partial charge in [-0.2, -0.15) is 0 Å². The number of para-hydroxylation sites is 1. The number of aromatic nitrogens is 1. The number of hydrogen-bond acceptors (Lipinski definition) is 6. The first-order chi connectivity index (χ1) is 17.0.